The Morgan fingerprint density at radius 1 is 1.53 bits per heavy atom. The lowest BCUT2D eigenvalue weighted by Gasteiger charge is -2.32. The number of piperazine rings is 1. The fourth-order valence-corrected chi connectivity index (χ4v) is 2.25. The van der Waals surface area contributed by atoms with Gasteiger partial charge in [0.15, 0.2) is 0 Å². The largest absolute Gasteiger partial charge is 0.336 e. The summed E-state index contributed by atoms with van der Waals surface area (Å²) >= 11 is 0. The molecule has 6 heteroatoms. The number of nitrogens with one attached hydrogen (secondary N) is 1. The van der Waals surface area contributed by atoms with Crippen LogP contribution in [0.15, 0.2) is 6.07 Å². The summed E-state index contributed by atoms with van der Waals surface area (Å²) in [6.07, 6.45) is 0.732. The lowest BCUT2D eigenvalue weighted by molar-refractivity contribution is 0.0707. The third-order valence-electron chi connectivity index (χ3n) is 3.21. The number of carbonyl (C=O) groups excluding carboxylic acids is 1. The first-order valence-electron chi connectivity index (χ1n) is 6.47. The van der Waals surface area contributed by atoms with Gasteiger partial charge in [-0.1, -0.05) is 6.92 Å². The number of carbonyl (C=O) groups is 1. The molecule has 1 aromatic heterocycles. The molecule has 0 aliphatic carbocycles. The van der Waals surface area contributed by atoms with Crippen LogP contribution in [0.2, 0.25) is 0 Å². The molecular formula is C13H21ClN4O. The molecular weight excluding hydrogens is 264 g/mol. The molecule has 1 atom stereocenters. The van der Waals surface area contributed by atoms with Crippen molar-refractivity contribution in [2.45, 2.75) is 33.2 Å². The van der Waals surface area contributed by atoms with Gasteiger partial charge in [0.1, 0.15) is 0 Å². The van der Waals surface area contributed by atoms with E-state index in [-0.39, 0.29) is 18.3 Å². The van der Waals surface area contributed by atoms with E-state index in [2.05, 4.69) is 22.4 Å². The van der Waals surface area contributed by atoms with Gasteiger partial charge >= 0.3 is 0 Å². The van der Waals surface area contributed by atoms with Crippen LogP contribution in [0.4, 0.5) is 0 Å². The van der Waals surface area contributed by atoms with E-state index in [1.165, 1.54) is 0 Å². The summed E-state index contributed by atoms with van der Waals surface area (Å²) in [7, 11) is 0. The molecule has 0 aromatic carbocycles. The monoisotopic (exact) mass is 284 g/mol. The number of hydrogen-bond acceptors (Lipinski definition) is 4. The Morgan fingerprint density at radius 3 is 2.89 bits per heavy atom. The fourth-order valence-electron chi connectivity index (χ4n) is 2.25. The average molecular weight is 285 g/mol. The first kappa shape index (κ1) is 15.9. The van der Waals surface area contributed by atoms with Gasteiger partial charge in [0.25, 0.3) is 5.91 Å². The van der Waals surface area contributed by atoms with Crippen molar-refractivity contribution in [2.24, 2.45) is 0 Å². The molecule has 1 aliphatic heterocycles. The van der Waals surface area contributed by atoms with Crippen LogP contribution in [0.5, 0.6) is 0 Å². The van der Waals surface area contributed by atoms with Crippen molar-refractivity contribution in [2.75, 3.05) is 19.6 Å². The highest BCUT2D eigenvalue weighted by Gasteiger charge is 2.23. The summed E-state index contributed by atoms with van der Waals surface area (Å²) in [4.78, 5) is 14.4. The summed E-state index contributed by atoms with van der Waals surface area (Å²) in [5, 5.41) is 11.5. The number of amides is 1. The molecule has 1 saturated heterocycles. The molecule has 19 heavy (non-hydrogen) atoms. The molecule has 0 bridgehead atoms. The molecule has 1 fully saturated rings. The van der Waals surface area contributed by atoms with Gasteiger partial charge in [-0.2, -0.15) is 10.2 Å². The van der Waals surface area contributed by atoms with Crippen molar-refractivity contribution in [1.82, 2.24) is 20.4 Å². The zero-order chi connectivity index (χ0) is 13.1. The SMILES string of the molecule is CCc1nnc(C)cc1C(=O)N1CCN[C@@H](C)C1.Cl. The fraction of sp³-hybridized carbons (Fsp3) is 0.615. The maximum atomic E-state index is 12.5. The molecule has 1 amide bonds. The van der Waals surface area contributed by atoms with Crippen molar-refractivity contribution in [1.29, 1.82) is 0 Å². The number of rotatable bonds is 2. The van der Waals surface area contributed by atoms with Gasteiger partial charge in [0.05, 0.1) is 17.0 Å². The standard InChI is InChI=1S/C13H20N4O.ClH/c1-4-12-11(7-9(2)15-16-12)13(18)17-6-5-14-10(3)8-17;/h7,10,14H,4-6,8H2,1-3H3;1H/t10-;/m0./s1. The molecule has 2 heterocycles. The molecule has 2 rings (SSSR count). The van der Waals surface area contributed by atoms with E-state index < -0.39 is 0 Å². The van der Waals surface area contributed by atoms with E-state index in [4.69, 9.17) is 0 Å². The van der Waals surface area contributed by atoms with Gasteiger partial charge in [-0.15, -0.1) is 12.4 Å². The van der Waals surface area contributed by atoms with Crippen molar-refractivity contribution in [3.63, 3.8) is 0 Å². The van der Waals surface area contributed by atoms with Crippen LogP contribution in [0.3, 0.4) is 0 Å². The molecule has 1 aromatic rings. The van der Waals surface area contributed by atoms with E-state index in [1.807, 2.05) is 24.8 Å². The minimum atomic E-state index is 0. The van der Waals surface area contributed by atoms with E-state index in [0.717, 1.165) is 37.4 Å². The van der Waals surface area contributed by atoms with E-state index >= 15 is 0 Å². The van der Waals surface area contributed by atoms with E-state index in [1.54, 1.807) is 0 Å². The average Bonchev–Trinajstić information content (AvgIpc) is 2.38. The van der Waals surface area contributed by atoms with E-state index in [9.17, 15) is 4.79 Å². The van der Waals surface area contributed by atoms with Crippen molar-refractivity contribution in [3.8, 4) is 0 Å². The van der Waals surface area contributed by atoms with Crippen LogP contribution < -0.4 is 5.32 Å². The number of nitrogens with zero attached hydrogens (tertiary/aromatic N) is 3. The Balaban J connectivity index is 0.00000180. The zero-order valence-electron chi connectivity index (χ0n) is 11.6. The summed E-state index contributed by atoms with van der Waals surface area (Å²) in [6.45, 7) is 8.32. The molecule has 1 N–H and O–H groups in total. The number of hydrogen-bond donors (Lipinski definition) is 1. The molecule has 0 radical (unpaired) electrons. The summed E-state index contributed by atoms with van der Waals surface area (Å²) in [5.74, 6) is 0.0817. The van der Waals surface area contributed by atoms with Crippen molar-refractivity contribution < 1.29 is 4.79 Å². The smallest absolute Gasteiger partial charge is 0.255 e. The lowest BCUT2D eigenvalue weighted by Crippen LogP contribution is -2.51. The zero-order valence-corrected chi connectivity index (χ0v) is 12.5. The number of aromatic nitrogens is 2. The second kappa shape index (κ2) is 6.82. The van der Waals surface area contributed by atoms with Gasteiger partial charge in [-0.3, -0.25) is 4.79 Å². The lowest BCUT2D eigenvalue weighted by atomic mass is 10.1. The van der Waals surface area contributed by atoms with Gasteiger partial charge in [0.2, 0.25) is 0 Å². The molecule has 0 saturated carbocycles. The van der Waals surface area contributed by atoms with Crippen LogP contribution in [0.1, 0.15) is 35.6 Å². The summed E-state index contributed by atoms with van der Waals surface area (Å²) < 4.78 is 0. The Bertz CT molecular complexity index is 452. The third kappa shape index (κ3) is 3.64. The molecule has 0 unspecified atom stereocenters. The highest BCUT2D eigenvalue weighted by atomic mass is 35.5. The predicted octanol–water partition coefficient (Wildman–Crippen LogP) is 1.20. The Labute approximate surface area is 120 Å². The Kier molecular flexibility index (Phi) is 5.69. The van der Waals surface area contributed by atoms with Crippen LogP contribution in [-0.4, -0.2) is 46.7 Å². The molecule has 0 spiro atoms. The normalized spacial score (nSPS) is 18.9. The van der Waals surface area contributed by atoms with Crippen LogP contribution >= 0.6 is 12.4 Å². The number of halogens is 1. The first-order valence-corrected chi connectivity index (χ1v) is 6.47. The first-order chi connectivity index (χ1) is 8.61. The molecule has 1 aliphatic rings. The maximum absolute atomic E-state index is 12.5. The topological polar surface area (TPSA) is 58.1 Å². The third-order valence-corrected chi connectivity index (χ3v) is 3.21. The van der Waals surface area contributed by atoms with E-state index in [0.29, 0.717) is 11.6 Å². The molecule has 5 nitrogen and oxygen atoms in total. The maximum Gasteiger partial charge on any atom is 0.255 e. The number of aryl methyl sites for hydroxylation is 2. The quantitative estimate of drug-likeness (QED) is 0.887. The van der Waals surface area contributed by atoms with Crippen LogP contribution in [0, 0.1) is 6.92 Å². The second-order valence-corrected chi connectivity index (χ2v) is 4.81. The van der Waals surface area contributed by atoms with Crippen LogP contribution in [0.25, 0.3) is 0 Å². The van der Waals surface area contributed by atoms with Gasteiger partial charge in [-0.05, 0) is 26.3 Å². The predicted molar refractivity (Wildman–Crippen MR) is 76.8 cm³/mol. The summed E-state index contributed by atoms with van der Waals surface area (Å²) in [6, 6.07) is 2.20. The Morgan fingerprint density at radius 2 is 2.26 bits per heavy atom. The highest BCUT2D eigenvalue weighted by Crippen LogP contribution is 2.12. The minimum absolute atomic E-state index is 0. The molecule has 106 valence electrons. The van der Waals surface area contributed by atoms with Gasteiger partial charge < -0.3 is 10.2 Å². The van der Waals surface area contributed by atoms with Crippen molar-refractivity contribution in [3.05, 3.63) is 23.0 Å². The second-order valence-electron chi connectivity index (χ2n) is 4.81. The van der Waals surface area contributed by atoms with Crippen molar-refractivity contribution >= 4 is 18.3 Å². The minimum Gasteiger partial charge on any atom is -0.336 e. The summed E-state index contributed by atoms with van der Waals surface area (Å²) in [5.41, 5.74) is 2.29. The highest BCUT2D eigenvalue weighted by molar-refractivity contribution is 5.95. The van der Waals surface area contributed by atoms with Crippen LogP contribution in [-0.2, 0) is 6.42 Å². The Hall–Kier alpha value is -1.20. The van der Waals surface area contributed by atoms with Gasteiger partial charge in [-0.25, -0.2) is 0 Å². The van der Waals surface area contributed by atoms with Gasteiger partial charge in [0, 0.05) is 25.7 Å².